The molecule has 0 spiro atoms. The smallest absolute Gasteiger partial charge is 0.337 e. The minimum atomic E-state index is -0.358. The van der Waals surface area contributed by atoms with Crippen molar-refractivity contribution in [1.29, 1.82) is 0 Å². The third kappa shape index (κ3) is 3.03. The number of nitrogens with two attached hydrogens (primary N) is 1. The lowest BCUT2D eigenvalue weighted by Gasteiger charge is -2.04. The van der Waals surface area contributed by atoms with Gasteiger partial charge in [-0.2, -0.15) is 5.10 Å². The molecule has 1 heterocycles. The van der Waals surface area contributed by atoms with Gasteiger partial charge in [-0.15, -0.1) is 0 Å². The topological polar surface area (TPSA) is 82.5 Å². The number of benzene rings is 1. The molecule has 6 heteroatoms. The highest BCUT2D eigenvalue weighted by Crippen LogP contribution is 2.13. The monoisotopic (exact) mass is 272 g/mol. The van der Waals surface area contributed by atoms with Crippen LogP contribution in [0, 0.1) is 0 Å². The first-order chi connectivity index (χ1) is 9.63. The van der Waals surface area contributed by atoms with Crippen LogP contribution < -0.4 is 5.73 Å². The minimum Gasteiger partial charge on any atom is -0.465 e. The molecule has 2 aromatic rings. The SMILES string of the molecule is C=NCc1cn(Cc2cccc(C(=O)OC)c2)nc1N. The van der Waals surface area contributed by atoms with Crippen LogP contribution in [0.1, 0.15) is 21.5 Å². The molecular weight excluding hydrogens is 256 g/mol. The molecule has 2 rings (SSSR count). The zero-order chi connectivity index (χ0) is 14.5. The molecule has 20 heavy (non-hydrogen) atoms. The van der Waals surface area contributed by atoms with Crippen molar-refractivity contribution in [3.05, 3.63) is 47.2 Å². The Bertz CT molecular complexity index is 634. The first-order valence-electron chi connectivity index (χ1n) is 6.05. The third-order valence-corrected chi connectivity index (χ3v) is 2.84. The van der Waals surface area contributed by atoms with Gasteiger partial charge in [0.1, 0.15) is 0 Å². The molecule has 1 aromatic carbocycles. The summed E-state index contributed by atoms with van der Waals surface area (Å²) in [6.07, 6.45) is 1.83. The number of carbonyl (C=O) groups is 1. The number of aromatic nitrogens is 2. The fraction of sp³-hybridized carbons (Fsp3) is 0.214. The second kappa shape index (κ2) is 6.01. The van der Waals surface area contributed by atoms with E-state index in [1.807, 2.05) is 12.3 Å². The van der Waals surface area contributed by atoms with Crippen molar-refractivity contribution in [3.8, 4) is 0 Å². The maximum atomic E-state index is 11.5. The van der Waals surface area contributed by atoms with E-state index in [4.69, 9.17) is 10.5 Å². The van der Waals surface area contributed by atoms with E-state index in [0.29, 0.717) is 24.5 Å². The van der Waals surface area contributed by atoms with Crippen LogP contribution in [0.25, 0.3) is 0 Å². The van der Waals surface area contributed by atoms with Crippen LogP contribution in [0.2, 0.25) is 0 Å². The predicted molar refractivity (Wildman–Crippen MR) is 76.8 cm³/mol. The number of methoxy groups -OCH3 is 1. The van der Waals surface area contributed by atoms with Gasteiger partial charge in [-0.25, -0.2) is 4.79 Å². The Kier molecular flexibility index (Phi) is 4.14. The molecule has 0 aliphatic heterocycles. The summed E-state index contributed by atoms with van der Waals surface area (Å²) < 4.78 is 6.41. The molecule has 2 N–H and O–H groups in total. The third-order valence-electron chi connectivity index (χ3n) is 2.84. The van der Waals surface area contributed by atoms with Crippen LogP contribution in [-0.2, 0) is 17.8 Å². The Balaban J connectivity index is 2.19. The van der Waals surface area contributed by atoms with Crippen molar-refractivity contribution in [1.82, 2.24) is 9.78 Å². The second-order valence-corrected chi connectivity index (χ2v) is 4.31. The summed E-state index contributed by atoms with van der Waals surface area (Å²) in [6, 6.07) is 7.20. The fourth-order valence-corrected chi connectivity index (χ4v) is 1.90. The highest BCUT2D eigenvalue weighted by Gasteiger charge is 2.08. The molecule has 0 saturated heterocycles. The molecule has 104 valence electrons. The van der Waals surface area contributed by atoms with Gasteiger partial charge in [-0.3, -0.25) is 9.67 Å². The van der Waals surface area contributed by atoms with Crippen molar-refractivity contribution in [2.24, 2.45) is 4.99 Å². The molecule has 0 amide bonds. The van der Waals surface area contributed by atoms with E-state index in [0.717, 1.165) is 11.1 Å². The average Bonchev–Trinajstić information content (AvgIpc) is 2.78. The van der Waals surface area contributed by atoms with Crippen molar-refractivity contribution < 1.29 is 9.53 Å². The molecule has 6 nitrogen and oxygen atoms in total. The lowest BCUT2D eigenvalue weighted by Crippen LogP contribution is -2.05. The summed E-state index contributed by atoms with van der Waals surface area (Å²) >= 11 is 0. The molecule has 0 saturated carbocycles. The Hall–Kier alpha value is -2.63. The van der Waals surface area contributed by atoms with Crippen LogP contribution in [0.5, 0.6) is 0 Å². The highest BCUT2D eigenvalue weighted by molar-refractivity contribution is 5.89. The summed E-state index contributed by atoms with van der Waals surface area (Å²) in [6.45, 7) is 4.40. The quantitative estimate of drug-likeness (QED) is 0.660. The fourth-order valence-electron chi connectivity index (χ4n) is 1.90. The molecular formula is C14H16N4O2. The van der Waals surface area contributed by atoms with E-state index in [1.165, 1.54) is 7.11 Å². The maximum absolute atomic E-state index is 11.5. The molecule has 0 unspecified atom stereocenters. The summed E-state index contributed by atoms with van der Waals surface area (Å²) in [5.74, 6) is 0.0879. The van der Waals surface area contributed by atoms with E-state index in [9.17, 15) is 4.79 Å². The Labute approximate surface area is 116 Å². The van der Waals surface area contributed by atoms with Gasteiger partial charge in [0.15, 0.2) is 5.82 Å². The standard InChI is InChI=1S/C14H16N4O2/c1-16-7-12-9-18(17-13(12)15)8-10-4-3-5-11(6-10)14(19)20-2/h3-6,9H,1,7-8H2,2H3,(H2,15,17). The summed E-state index contributed by atoms with van der Waals surface area (Å²) in [4.78, 5) is 15.3. The van der Waals surface area contributed by atoms with Gasteiger partial charge in [0.05, 0.1) is 25.8 Å². The number of nitrogen functional groups attached to an aromatic ring is 1. The molecule has 0 atom stereocenters. The summed E-state index contributed by atoms with van der Waals surface area (Å²) in [5.41, 5.74) is 8.07. The van der Waals surface area contributed by atoms with E-state index in [2.05, 4.69) is 16.8 Å². The largest absolute Gasteiger partial charge is 0.465 e. The number of carbonyl (C=O) groups excluding carboxylic acids is 1. The zero-order valence-corrected chi connectivity index (χ0v) is 11.2. The number of hydrogen-bond acceptors (Lipinski definition) is 5. The van der Waals surface area contributed by atoms with Gasteiger partial charge < -0.3 is 10.5 Å². The zero-order valence-electron chi connectivity index (χ0n) is 11.2. The van der Waals surface area contributed by atoms with Crippen LogP contribution in [0.15, 0.2) is 35.5 Å². The van der Waals surface area contributed by atoms with Gasteiger partial charge >= 0.3 is 5.97 Å². The van der Waals surface area contributed by atoms with Crippen molar-refractivity contribution >= 4 is 18.5 Å². The number of aliphatic imine (C=N–C) groups is 1. The van der Waals surface area contributed by atoms with Gasteiger partial charge in [-0.1, -0.05) is 12.1 Å². The molecule has 0 aliphatic carbocycles. The van der Waals surface area contributed by atoms with Gasteiger partial charge in [0, 0.05) is 11.8 Å². The van der Waals surface area contributed by atoms with Crippen LogP contribution >= 0.6 is 0 Å². The molecule has 0 bridgehead atoms. The van der Waals surface area contributed by atoms with Gasteiger partial charge in [-0.05, 0) is 24.4 Å². The Morgan fingerprint density at radius 3 is 3.05 bits per heavy atom. The Morgan fingerprint density at radius 2 is 2.35 bits per heavy atom. The number of ether oxygens (including phenoxy) is 1. The lowest BCUT2D eigenvalue weighted by atomic mass is 10.1. The maximum Gasteiger partial charge on any atom is 0.337 e. The Morgan fingerprint density at radius 1 is 1.55 bits per heavy atom. The van der Waals surface area contributed by atoms with Gasteiger partial charge in [0.2, 0.25) is 0 Å². The van der Waals surface area contributed by atoms with Crippen LogP contribution in [0.4, 0.5) is 5.82 Å². The second-order valence-electron chi connectivity index (χ2n) is 4.31. The van der Waals surface area contributed by atoms with Crippen LogP contribution in [0.3, 0.4) is 0 Å². The van der Waals surface area contributed by atoms with E-state index in [-0.39, 0.29) is 5.97 Å². The highest BCUT2D eigenvalue weighted by atomic mass is 16.5. The van der Waals surface area contributed by atoms with E-state index in [1.54, 1.807) is 22.9 Å². The van der Waals surface area contributed by atoms with Crippen molar-refractivity contribution in [2.45, 2.75) is 13.1 Å². The lowest BCUT2D eigenvalue weighted by molar-refractivity contribution is 0.0600. The van der Waals surface area contributed by atoms with E-state index < -0.39 is 0 Å². The first kappa shape index (κ1) is 13.8. The first-order valence-corrected chi connectivity index (χ1v) is 6.05. The number of nitrogens with zero attached hydrogens (tertiary/aromatic N) is 3. The minimum absolute atomic E-state index is 0.358. The summed E-state index contributed by atoms with van der Waals surface area (Å²) in [5, 5.41) is 4.21. The van der Waals surface area contributed by atoms with Gasteiger partial charge in [0.25, 0.3) is 0 Å². The molecule has 1 aromatic heterocycles. The predicted octanol–water partition coefficient (Wildman–Crippen LogP) is 1.50. The van der Waals surface area contributed by atoms with Crippen molar-refractivity contribution in [3.63, 3.8) is 0 Å². The summed E-state index contributed by atoms with van der Waals surface area (Å²) in [7, 11) is 1.36. The molecule has 0 aliphatic rings. The number of hydrogen-bond donors (Lipinski definition) is 1. The average molecular weight is 272 g/mol. The molecule has 0 radical (unpaired) electrons. The number of esters is 1. The van der Waals surface area contributed by atoms with Crippen LogP contribution in [-0.4, -0.2) is 29.6 Å². The number of anilines is 1. The van der Waals surface area contributed by atoms with Crippen molar-refractivity contribution in [2.75, 3.05) is 12.8 Å². The van der Waals surface area contributed by atoms with E-state index >= 15 is 0 Å². The number of rotatable bonds is 5. The molecule has 0 fully saturated rings. The normalized spacial score (nSPS) is 10.2.